The Morgan fingerprint density at radius 2 is 2.38 bits per heavy atom. The number of ether oxygens (including phenoxy) is 1. The average molecular weight is 319 g/mol. The third-order valence-electron chi connectivity index (χ3n) is 3.68. The molecule has 1 fully saturated rings. The van der Waals surface area contributed by atoms with Gasteiger partial charge in [0.05, 0.1) is 36.7 Å². The summed E-state index contributed by atoms with van der Waals surface area (Å²) in [7, 11) is 3.95. The molecule has 2 heterocycles. The molecule has 0 aliphatic carbocycles. The molecule has 0 spiro atoms. The maximum Gasteiger partial charge on any atom is 0.152 e. The van der Waals surface area contributed by atoms with Gasteiger partial charge in [-0.25, -0.2) is 4.39 Å². The average Bonchev–Trinajstić information content (AvgIpc) is 2.79. The lowest BCUT2D eigenvalue weighted by Crippen LogP contribution is -2.44. The molecule has 2 atom stereocenters. The van der Waals surface area contributed by atoms with Crippen LogP contribution in [-0.4, -0.2) is 61.1 Å². The quantitative estimate of drug-likeness (QED) is 0.866. The summed E-state index contributed by atoms with van der Waals surface area (Å²) in [5.41, 5.74) is -1.09. The number of aromatic nitrogens is 2. The van der Waals surface area contributed by atoms with Gasteiger partial charge < -0.3 is 15.0 Å². The maximum atomic E-state index is 15.2. The first-order chi connectivity index (χ1) is 9.90. The minimum absolute atomic E-state index is 0.00187. The van der Waals surface area contributed by atoms with Crippen LogP contribution >= 0.6 is 11.6 Å². The molecule has 1 aliphatic rings. The number of morpholine rings is 1. The van der Waals surface area contributed by atoms with Crippen LogP contribution in [0.25, 0.3) is 0 Å². The summed E-state index contributed by atoms with van der Waals surface area (Å²) < 4.78 is 22.3. The molecule has 120 valence electrons. The standard InChI is InChI=1S/C14H24ClFN4O/c1-14(16,8-11-10-21-7-4-17-11)13-12(15)9-18-20(13)6-5-19(2)3/h9,11,17H,4-8,10H2,1-3H3. The molecule has 1 aromatic heterocycles. The van der Waals surface area contributed by atoms with E-state index in [4.69, 9.17) is 16.3 Å². The van der Waals surface area contributed by atoms with E-state index in [1.165, 1.54) is 6.20 Å². The first-order valence-electron chi connectivity index (χ1n) is 7.26. The number of rotatable bonds is 6. The van der Waals surface area contributed by atoms with E-state index in [-0.39, 0.29) is 6.04 Å². The molecule has 1 saturated heterocycles. The molecule has 2 unspecified atom stereocenters. The van der Waals surface area contributed by atoms with Gasteiger partial charge in [-0.15, -0.1) is 0 Å². The van der Waals surface area contributed by atoms with Crippen LogP contribution in [0.5, 0.6) is 0 Å². The predicted octanol–water partition coefficient (Wildman–Crippen LogP) is 1.66. The molecule has 2 rings (SSSR count). The van der Waals surface area contributed by atoms with Crippen LogP contribution in [0.1, 0.15) is 19.0 Å². The second-order valence-electron chi connectivity index (χ2n) is 6.00. The predicted molar refractivity (Wildman–Crippen MR) is 81.5 cm³/mol. The molecule has 0 radical (unpaired) electrons. The van der Waals surface area contributed by atoms with Gasteiger partial charge in [-0.3, -0.25) is 4.68 Å². The zero-order valence-corrected chi connectivity index (χ0v) is 13.7. The van der Waals surface area contributed by atoms with Crippen molar-refractivity contribution < 1.29 is 9.13 Å². The van der Waals surface area contributed by atoms with Crippen molar-refractivity contribution in [1.29, 1.82) is 0 Å². The van der Waals surface area contributed by atoms with E-state index in [2.05, 4.69) is 10.4 Å². The normalized spacial score (nSPS) is 22.5. The van der Waals surface area contributed by atoms with Crippen LogP contribution in [0.4, 0.5) is 4.39 Å². The van der Waals surface area contributed by atoms with Gasteiger partial charge in [-0.2, -0.15) is 5.10 Å². The summed E-state index contributed by atoms with van der Waals surface area (Å²) in [4.78, 5) is 2.03. The molecule has 1 aliphatic heterocycles. The zero-order valence-electron chi connectivity index (χ0n) is 12.9. The van der Waals surface area contributed by atoms with E-state index < -0.39 is 5.67 Å². The van der Waals surface area contributed by atoms with Crippen molar-refractivity contribution >= 4 is 11.6 Å². The summed E-state index contributed by atoms with van der Waals surface area (Å²) in [6.45, 7) is 4.94. The topological polar surface area (TPSA) is 42.3 Å². The Morgan fingerprint density at radius 3 is 3.00 bits per heavy atom. The third-order valence-corrected chi connectivity index (χ3v) is 3.95. The third kappa shape index (κ3) is 4.39. The van der Waals surface area contributed by atoms with E-state index in [0.717, 1.165) is 13.1 Å². The van der Waals surface area contributed by atoms with Crippen molar-refractivity contribution in [2.75, 3.05) is 40.4 Å². The zero-order chi connectivity index (χ0) is 15.5. The molecule has 1 N–H and O–H groups in total. The fraction of sp³-hybridized carbons (Fsp3) is 0.786. The highest BCUT2D eigenvalue weighted by Gasteiger charge is 2.36. The number of hydrogen-bond donors (Lipinski definition) is 1. The minimum Gasteiger partial charge on any atom is -0.379 e. The first kappa shape index (κ1) is 16.7. The molecular weight excluding hydrogens is 295 g/mol. The lowest BCUT2D eigenvalue weighted by Gasteiger charge is -2.30. The van der Waals surface area contributed by atoms with Crippen LogP contribution < -0.4 is 5.32 Å². The molecule has 5 nitrogen and oxygen atoms in total. The van der Waals surface area contributed by atoms with Crippen LogP contribution in [0.15, 0.2) is 6.20 Å². The summed E-state index contributed by atoms with van der Waals surface area (Å²) in [6, 6.07) is 0.00187. The van der Waals surface area contributed by atoms with Crippen LogP contribution in [0, 0.1) is 0 Å². The minimum atomic E-state index is -1.54. The largest absolute Gasteiger partial charge is 0.379 e. The van der Waals surface area contributed by atoms with E-state index in [0.29, 0.717) is 36.9 Å². The Hall–Kier alpha value is -0.690. The second-order valence-corrected chi connectivity index (χ2v) is 6.40. The number of likely N-dealkylation sites (N-methyl/N-ethyl adjacent to an activating group) is 1. The maximum absolute atomic E-state index is 15.2. The Labute approximate surface area is 130 Å². The molecule has 0 saturated carbocycles. The van der Waals surface area contributed by atoms with Crippen molar-refractivity contribution in [3.8, 4) is 0 Å². The van der Waals surface area contributed by atoms with E-state index in [1.54, 1.807) is 11.6 Å². The van der Waals surface area contributed by atoms with Gasteiger partial charge in [0.15, 0.2) is 5.67 Å². The van der Waals surface area contributed by atoms with Gasteiger partial charge in [0, 0.05) is 25.6 Å². The molecule has 21 heavy (non-hydrogen) atoms. The van der Waals surface area contributed by atoms with Gasteiger partial charge >= 0.3 is 0 Å². The van der Waals surface area contributed by atoms with Crippen molar-refractivity contribution in [2.45, 2.75) is 31.6 Å². The molecule has 0 aromatic carbocycles. The van der Waals surface area contributed by atoms with Gasteiger partial charge in [0.1, 0.15) is 0 Å². The van der Waals surface area contributed by atoms with Crippen molar-refractivity contribution in [2.24, 2.45) is 0 Å². The molecule has 0 bridgehead atoms. The summed E-state index contributed by atoms with van der Waals surface area (Å²) in [6.07, 6.45) is 1.84. The second kappa shape index (κ2) is 7.05. The lowest BCUT2D eigenvalue weighted by atomic mass is 9.94. The monoisotopic (exact) mass is 318 g/mol. The molecule has 7 heteroatoms. The SMILES string of the molecule is CN(C)CCn1ncc(Cl)c1C(C)(F)CC1COCCN1. The van der Waals surface area contributed by atoms with Gasteiger partial charge in [0.25, 0.3) is 0 Å². The van der Waals surface area contributed by atoms with Crippen LogP contribution in [0.2, 0.25) is 5.02 Å². The number of nitrogens with zero attached hydrogens (tertiary/aromatic N) is 3. The Balaban J connectivity index is 2.11. The Kier molecular flexibility index (Phi) is 5.60. The summed E-state index contributed by atoms with van der Waals surface area (Å²) in [5, 5.41) is 7.88. The van der Waals surface area contributed by atoms with Crippen LogP contribution in [-0.2, 0) is 17.0 Å². The van der Waals surface area contributed by atoms with E-state index >= 15 is 4.39 Å². The van der Waals surface area contributed by atoms with E-state index in [1.807, 2.05) is 19.0 Å². The van der Waals surface area contributed by atoms with Crippen molar-refractivity contribution in [3.63, 3.8) is 0 Å². The van der Waals surface area contributed by atoms with Crippen molar-refractivity contribution in [3.05, 3.63) is 16.9 Å². The van der Waals surface area contributed by atoms with Gasteiger partial charge in [0.2, 0.25) is 0 Å². The highest BCUT2D eigenvalue weighted by Crippen LogP contribution is 2.35. The lowest BCUT2D eigenvalue weighted by molar-refractivity contribution is 0.0448. The smallest absolute Gasteiger partial charge is 0.152 e. The fourth-order valence-electron chi connectivity index (χ4n) is 2.66. The van der Waals surface area contributed by atoms with Crippen LogP contribution in [0.3, 0.4) is 0 Å². The summed E-state index contributed by atoms with van der Waals surface area (Å²) in [5.74, 6) is 0. The van der Waals surface area contributed by atoms with Gasteiger partial charge in [-0.05, 0) is 21.0 Å². The number of alkyl halides is 1. The molecular formula is C14H24ClFN4O. The molecule has 0 amide bonds. The highest BCUT2D eigenvalue weighted by atomic mass is 35.5. The number of halogens is 2. The Morgan fingerprint density at radius 1 is 1.62 bits per heavy atom. The van der Waals surface area contributed by atoms with Crippen molar-refractivity contribution in [1.82, 2.24) is 20.0 Å². The Bertz CT molecular complexity index is 458. The van der Waals surface area contributed by atoms with E-state index in [9.17, 15) is 0 Å². The number of hydrogen-bond acceptors (Lipinski definition) is 4. The first-order valence-corrected chi connectivity index (χ1v) is 7.64. The van der Waals surface area contributed by atoms with Gasteiger partial charge in [-0.1, -0.05) is 11.6 Å². The number of nitrogens with one attached hydrogen (secondary N) is 1. The highest BCUT2D eigenvalue weighted by molar-refractivity contribution is 6.31. The fourth-order valence-corrected chi connectivity index (χ4v) is 2.99. The molecule has 1 aromatic rings. The summed E-state index contributed by atoms with van der Waals surface area (Å²) >= 11 is 6.17.